The monoisotopic (exact) mass is 267 g/mol. The van der Waals surface area contributed by atoms with Crippen LogP contribution in [0.15, 0.2) is 59.6 Å². The summed E-state index contributed by atoms with van der Waals surface area (Å²) in [7, 11) is 1.39. The molecule has 0 radical (unpaired) electrons. The number of ether oxygens (including phenoxy) is 1. The summed E-state index contributed by atoms with van der Waals surface area (Å²) in [5.41, 5.74) is 2.70. The summed E-state index contributed by atoms with van der Waals surface area (Å²) in [6.45, 7) is 0.654. The summed E-state index contributed by atoms with van der Waals surface area (Å²) in [6, 6.07) is 17.5. The van der Waals surface area contributed by atoms with Gasteiger partial charge in [-0.25, -0.2) is 4.79 Å². The number of rotatable bonds is 5. The van der Waals surface area contributed by atoms with Crippen molar-refractivity contribution in [3.05, 3.63) is 71.3 Å². The minimum atomic E-state index is -0.308. The number of methoxy groups -OCH3 is 1. The second-order valence-corrected chi connectivity index (χ2v) is 4.36. The van der Waals surface area contributed by atoms with Crippen molar-refractivity contribution in [3.8, 4) is 0 Å². The maximum absolute atomic E-state index is 11.6. The van der Waals surface area contributed by atoms with Crippen LogP contribution < -0.4 is 0 Å². The van der Waals surface area contributed by atoms with Gasteiger partial charge >= 0.3 is 5.97 Å². The van der Waals surface area contributed by atoms with E-state index in [4.69, 9.17) is 4.74 Å². The van der Waals surface area contributed by atoms with Gasteiger partial charge in [-0.2, -0.15) is 0 Å². The maximum atomic E-state index is 11.6. The van der Waals surface area contributed by atoms with Crippen LogP contribution in [0.25, 0.3) is 0 Å². The molecule has 2 rings (SSSR count). The van der Waals surface area contributed by atoms with Crippen LogP contribution >= 0.6 is 0 Å². The quantitative estimate of drug-likeness (QED) is 0.616. The molecule has 0 aliphatic carbocycles. The molecule has 3 heteroatoms. The molecule has 0 atom stereocenters. The highest BCUT2D eigenvalue weighted by atomic mass is 16.5. The highest BCUT2D eigenvalue weighted by Gasteiger charge is 2.09. The second-order valence-electron chi connectivity index (χ2n) is 4.36. The van der Waals surface area contributed by atoms with Crippen molar-refractivity contribution in [2.24, 2.45) is 4.99 Å². The Kier molecular flexibility index (Phi) is 5.07. The van der Waals surface area contributed by atoms with Crippen molar-refractivity contribution < 1.29 is 9.53 Å². The van der Waals surface area contributed by atoms with Gasteiger partial charge in [0.2, 0.25) is 0 Å². The minimum absolute atomic E-state index is 0.308. The molecule has 102 valence electrons. The first kappa shape index (κ1) is 14.0. The molecule has 2 aromatic rings. The van der Waals surface area contributed by atoms with Crippen LogP contribution in [0.1, 0.15) is 21.5 Å². The number of hydrogen-bond acceptors (Lipinski definition) is 3. The molecule has 20 heavy (non-hydrogen) atoms. The number of benzene rings is 2. The van der Waals surface area contributed by atoms with Gasteiger partial charge in [-0.1, -0.05) is 48.5 Å². The van der Waals surface area contributed by atoms with E-state index in [-0.39, 0.29) is 5.97 Å². The van der Waals surface area contributed by atoms with Crippen molar-refractivity contribution >= 4 is 12.2 Å². The third kappa shape index (κ3) is 3.79. The van der Waals surface area contributed by atoms with E-state index in [0.717, 1.165) is 5.56 Å². The highest BCUT2D eigenvalue weighted by Crippen LogP contribution is 2.10. The Labute approximate surface area is 118 Å². The molecule has 2 aromatic carbocycles. The van der Waals surface area contributed by atoms with Crippen LogP contribution in [0.4, 0.5) is 0 Å². The molecule has 0 aliphatic heterocycles. The number of hydrogen-bond donors (Lipinski definition) is 0. The molecule has 0 N–H and O–H groups in total. The van der Waals surface area contributed by atoms with Crippen molar-refractivity contribution in [2.45, 2.75) is 13.0 Å². The molecule has 0 amide bonds. The van der Waals surface area contributed by atoms with Crippen LogP contribution in [-0.2, 0) is 17.7 Å². The van der Waals surface area contributed by atoms with Gasteiger partial charge in [0.05, 0.1) is 19.2 Å². The predicted molar refractivity (Wildman–Crippen MR) is 80.1 cm³/mol. The van der Waals surface area contributed by atoms with E-state index < -0.39 is 0 Å². The van der Waals surface area contributed by atoms with E-state index in [1.165, 1.54) is 12.7 Å². The largest absolute Gasteiger partial charge is 0.465 e. The van der Waals surface area contributed by atoms with Gasteiger partial charge in [0.25, 0.3) is 0 Å². The van der Waals surface area contributed by atoms with E-state index >= 15 is 0 Å². The maximum Gasteiger partial charge on any atom is 0.338 e. The third-order valence-corrected chi connectivity index (χ3v) is 2.98. The molecule has 0 unspecified atom stereocenters. The average Bonchev–Trinajstić information content (AvgIpc) is 2.52. The van der Waals surface area contributed by atoms with Gasteiger partial charge in [0, 0.05) is 12.6 Å². The number of esters is 1. The van der Waals surface area contributed by atoms with Crippen LogP contribution in [0.5, 0.6) is 0 Å². The molecule has 0 bridgehead atoms. The standard InChI is InChI=1S/C17H17NO2/c1-20-17(19)16-10-6-5-9-15(16)11-12-18-13-14-7-3-2-4-8-14/h2-10,12H,11,13H2,1H3. The minimum Gasteiger partial charge on any atom is -0.465 e. The highest BCUT2D eigenvalue weighted by molar-refractivity contribution is 5.91. The van der Waals surface area contributed by atoms with E-state index in [1.807, 2.05) is 54.7 Å². The van der Waals surface area contributed by atoms with Crippen LogP contribution in [0.3, 0.4) is 0 Å². The topological polar surface area (TPSA) is 38.7 Å². The van der Waals surface area contributed by atoms with E-state index in [0.29, 0.717) is 18.5 Å². The first-order valence-electron chi connectivity index (χ1n) is 6.49. The summed E-state index contributed by atoms with van der Waals surface area (Å²) in [5.74, 6) is -0.308. The van der Waals surface area contributed by atoms with Gasteiger partial charge in [-0.3, -0.25) is 4.99 Å². The normalized spacial score (nSPS) is 10.7. The van der Waals surface area contributed by atoms with Gasteiger partial charge in [0.1, 0.15) is 0 Å². The van der Waals surface area contributed by atoms with Gasteiger partial charge in [-0.05, 0) is 17.2 Å². The zero-order valence-electron chi connectivity index (χ0n) is 11.5. The molecule has 0 heterocycles. The van der Waals surface area contributed by atoms with Gasteiger partial charge < -0.3 is 4.74 Å². The summed E-state index contributed by atoms with van der Waals surface area (Å²) >= 11 is 0. The number of carbonyl (C=O) groups excluding carboxylic acids is 1. The second kappa shape index (κ2) is 7.24. The molecule has 0 aliphatic rings. The molecule has 0 fully saturated rings. The summed E-state index contributed by atoms with van der Waals surface area (Å²) in [5, 5.41) is 0. The molecule has 0 saturated heterocycles. The lowest BCUT2D eigenvalue weighted by atomic mass is 10.1. The lowest BCUT2D eigenvalue weighted by Crippen LogP contribution is -2.05. The fourth-order valence-corrected chi connectivity index (χ4v) is 1.92. The van der Waals surface area contributed by atoms with Gasteiger partial charge in [-0.15, -0.1) is 0 Å². The van der Waals surface area contributed by atoms with Crippen LogP contribution in [0, 0.1) is 0 Å². The predicted octanol–water partition coefficient (Wildman–Crippen LogP) is 3.29. The van der Waals surface area contributed by atoms with E-state index in [9.17, 15) is 4.79 Å². The lowest BCUT2D eigenvalue weighted by Gasteiger charge is -2.04. The smallest absolute Gasteiger partial charge is 0.338 e. The SMILES string of the molecule is COC(=O)c1ccccc1CC=NCc1ccccc1. The Morgan fingerprint density at radius 3 is 2.55 bits per heavy atom. The Hall–Kier alpha value is -2.42. The zero-order valence-corrected chi connectivity index (χ0v) is 11.5. The number of aliphatic imine (C=N–C) groups is 1. The van der Waals surface area contributed by atoms with Crippen molar-refractivity contribution in [1.82, 2.24) is 0 Å². The van der Waals surface area contributed by atoms with E-state index in [2.05, 4.69) is 4.99 Å². The summed E-state index contributed by atoms with van der Waals surface area (Å²) in [4.78, 5) is 16.0. The fraction of sp³-hybridized carbons (Fsp3) is 0.176. The van der Waals surface area contributed by atoms with E-state index in [1.54, 1.807) is 6.07 Å². The molecule has 0 spiro atoms. The number of nitrogens with zero attached hydrogens (tertiary/aromatic N) is 1. The van der Waals surface area contributed by atoms with Crippen molar-refractivity contribution in [3.63, 3.8) is 0 Å². The van der Waals surface area contributed by atoms with Crippen LogP contribution in [0.2, 0.25) is 0 Å². The average molecular weight is 267 g/mol. The molecular weight excluding hydrogens is 250 g/mol. The first-order chi connectivity index (χ1) is 9.81. The van der Waals surface area contributed by atoms with Crippen molar-refractivity contribution in [1.29, 1.82) is 0 Å². The summed E-state index contributed by atoms with van der Waals surface area (Å²) < 4.78 is 4.77. The van der Waals surface area contributed by atoms with Gasteiger partial charge in [0.15, 0.2) is 0 Å². The lowest BCUT2D eigenvalue weighted by molar-refractivity contribution is 0.0600. The Balaban J connectivity index is 1.99. The Morgan fingerprint density at radius 2 is 1.80 bits per heavy atom. The fourth-order valence-electron chi connectivity index (χ4n) is 1.92. The summed E-state index contributed by atoms with van der Waals surface area (Å²) in [6.07, 6.45) is 2.47. The molecule has 0 aromatic heterocycles. The molecule has 0 saturated carbocycles. The zero-order chi connectivity index (χ0) is 14.2. The molecule has 3 nitrogen and oxygen atoms in total. The first-order valence-corrected chi connectivity index (χ1v) is 6.49. The van der Waals surface area contributed by atoms with Crippen molar-refractivity contribution in [2.75, 3.05) is 7.11 Å². The third-order valence-electron chi connectivity index (χ3n) is 2.98. The Morgan fingerprint density at radius 1 is 1.10 bits per heavy atom. The Bertz CT molecular complexity index is 591. The number of carbonyl (C=O) groups is 1. The van der Waals surface area contributed by atoms with Crippen LogP contribution in [-0.4, -0.2) is 19.3 Å². The molecular formula is C17H17NO2.